The van der Waals surface area contributed by atoms with Gasteiger partial charge in [-0.05, 0) is 53.0 Å². The van der Waals surface area contributed by atoms with Gasteiger partial charge in [0.2, 0.25) is 0 Å². The molecule has 0 spiro atoms. The molecule has 2 aromatic rings. The lowest BCUT2D eigenvalue weighted by Gasteiger charge is -2.30. The first kappa shape index (κ1) is 18.0. The van der Waals surface area contributed by atoms with E-state index in [1.54, 1.807) is 12.1 Å². The Labute approximate surface area is 146 Å². The van der Waals surface area contributed by atoms with Gasteiger partial charge >= 0.3 is 0 Å². The molecule has 0 heterocycles. The summed E-state index contributed by atoms with van der Waals surface area (Å²) < 4.78 is 40.6. The zero-order valence-corrected chi connectivity index (χ0v) is 14.5. The number of rotatable bonds is 4. The van der Waals surface area contributed by atoms with Gasteiger partial charge in [0, 0.05) is 11.1 Å². The highest BCUT2D eigenvalue weighted by atomic mass is 19.3. The summed E-state index contributed by atoms with van der Waals surface area (Å²) >= 11 is 0. The Bertz CT molecular complexity index is 768. The molecule has 134 valence electrons. The van der Waals surface area contributed by atoms with Crippen molar-refractivity contribution < 1.29 is 18.3 Å². The minimum absolute atomic E-state index is 0.0552. The highest BCUT2D eigenvalue weighted by molar-refractivity contribution is 5.70. The number of aliphatic hydroxyl groups excluding tert-OH is 1. The SMILES string of the molecule is CC1(C)CCC[C@H]1c1cc(CO)ccc1-c1cc(C(F)F)ccc1F. The molecule has 1 saturated carbocycles. The summed E-state index contributed by atoms with van der Waals surface area (Å²) in [6.45, 7) is 4.28. The molecule has 0 unspecified atom stereocenters. The second-order valence-corrected chi connectivity index (χ2v) is 7.55. The molecule has 0 aliphatic heterocycles. The highest BCUT2D eigenvalue weighted by Crippen LogP contribution is 2.51. The number of benzene rings is 2. The molecular formula is C21H23F3O. The average Bonchev–Trinajstić information content (AvgIpc) is 2.93. The van der Waals surface area contributed by atoms with Crippen LogP contribution in [0.2, 0.25) is 0 Å². The van der Waals surface area contributed by atoms with Crippen molar-refractivity contribution in [2.24, 2.45) is 5.41 Å². The summed E-state index contributed by atoms with van der Waals surface area (Å²) in [6, 6.07) is 8.88. The van der Waals surface area contributed by atoms with Crippen molar-refractivity contribution in [3.63, 3.8) is 0 Å². The second kappa shape index (κ2) is 6.83. The molecule has 1 aliphatic carbocycles. The van der Waals surface area contributed by atoms with E-state index in [4.69, 9.17) is 0 Å². The molecule has 1 atom stereocenters. The Balaban J connectivity index is 2.18. The molecule has 0 saturated heterocycles. The molecule has 0 aromatic heterocycles. The summed E-state index contributed by atoms with van der Waals surface area (Å²) in [5.74, 6) is -0.290. The zero-order chi connectivity index (χ0) is 18.2. The van der Waals surface area contributed by atoms with Crippen molar-refractivity contribution in [1.29, 1.82) is 0 Å². The number of hydrogen-bond acceptors (Lipinski definition) is 1. The lowest BCUT2D eigenvalue weighted by atomic mass is 9.75. The van der Waals surface area contributed by atoms with E-state index in [1.165, 1.54) is 6.07 Å². The fraction of sp³-hybridized carbons (Fsp3) is 0.429. The van der Waals surface area contributed by atoms with Gasteiger partial charge in [0.1, 0.15) is 5.82 Å². The number of hydrogen-bond donors (Lipinski definition) is 1. The standard InChI is InChI=1S/C21H23F3O/c1-21(2)9-3-4-18(21)16-10-13(12-25)5-7-15(16)17-11-14(20(23)24)6-8-19(17)22/h5-8,10-11,18,20,25H,3-4,9,12H2,1-2H3/t18-/m0/s1. The van der Waals surface area contributed by atoms with Crippen LogP contribution in [-0.2, 0) is 6.61 Å². The van der Waals surface area contributed by atoms with Gasteiger partial charge in [-0.2, -0.15) is 0 Å². The van der Waals surface area contributed by atoms with E-state index in [2.05, 4.69) is 13.8 Å². The Kier molecular flexibility index (Phi) is 4.92. The third-order valence-corrected chi connectivity index (χ3v) is 5.46. The van der Waals surface area contributed by atoms with Crippen molar-refractivity contribution in [1.82, 2.24) is 0 Å². The van der Waals surface area contributed by atoms with Crippen LogP contribution in [0.1, 0.15) is 62.1 Å². The van der Waals surface area contributed by atoms with Crippen LogP contribution in [0.5, 0.6) is 0 Å². The van der Waals surface area contributed by atoms with Crippen LogP contribution < -0.4 is 0 Å². The average molecular weight is 348 g/mol. The van der Waals surface area contributed by atoms with Crippen LogP contribution in [-0.4, -0.2) is 5.11 Å². The second-order valence-electron chi connectivity index (χ2n) is 7.55. The van der Waals surface area contributed by atoms with Crippen LogP contribution in [0.15, 0.2) is 36.4 Å². The zero-order valence-electron chi connectivity index (χ0n) is 14.5. The molecule has 25 heavy (non-hydrogen) atoms. The molecule has 1 aliphatic rings. The van der Waals surface area contributed by atoms with Crippen molar-refractivity contribution in [2.45, 2.75) is 52.1 Å². The fourth-order valence-electron chi connectivity index (χ4n) is 4.03. The molecule has 1 N–H and O–H groups in total. The Hall–Kier alpha value is -1.81. The quantitative estimate of drug-likeness (QED) is 0.696. The summed E-state index contributed by atoms with van der Waals surface area (Å²) in [5, 5.41) is 9.49. The van der Waals surface area contributed by atoms with Gasteiger partial charge in [-0.25, -0.2) is 13.2 Å². The lowest BCUT2D eigenvalue weighted by Crippen LogP contribution is -2.16. The van der Waals surface area contributed by atoms with Crippen LogP contribution >= 0.6 is 0 Å². The van der Waals surface area contributed by atoms with E-state index >= 15 is 0 Å². The topological polar surface area (TPSA) is 20.2 Å². The van der Waals surface area contributed by atoms with E-state index in [0.29, 0.717) is 5.56 Å². The van der Waals surface area contributed by atoms with Crippen molar-refractivity contribution in [3.05, 3.63) is 58.9 Å². The maximum Gasteiger partial charge on any atom is 0.263 e. The molecule has 0 bridgehead atoms. The van der Waals surface area contributed by atoms with E-state index in [9.17, 15) is 18.3 Å². The highest BCUT2D eigenvalue weighted by Gasteiger charge is 2.37. The molecule has 1 nitrogen and oxygen atoms in total. The molecular weight excluding hydrogens is 325 g/mol. The van der Waals surface area contributed by atoms with Gasteiger partial charge in [-0.1, -0.05) is 44.5 Å². The maximum absolute atomic E-state index is 14.5. The first-order chi connectivity index (χ1) is 11.8. The predicted octanol–water partition coefficient (Wildman–Crippen LogP) is 6.22. The third kappa shape index (κ3) is 3.45. The Morgan fingerprint density at radius 1 is 1.12 bits per heavy atom. The van der Waals surface area contributed by atoms with E-state index in [-0.39, 0.29) is 29.1 Å². The predicted molar refractivity (Wildman–Crippen MR) is 93.1 cm³/mol. The smallest absolute Gasteiger partial charge is 0.263 e. The van der Waals surface area contributed by atoms with E-state index in [1.807, 2.05) is 6.07 Å². The summed E-state index contributed by atoms with van der Waals surface area (Å²) in [4.78, 5) is 0. The summed E-state index contributed by atoms with van der Waals surface area (Å²) in [6.07, 6.45) is 0.493. The van der Waals surface area contributed by atoms with Crippen LogP contribution in [0.25, 0.3) is 11.1 Å². The first-order valence-electron chi connectivity index (χ1n) is 8.65. The van der Waals surface area contributed by atoms with Crippen molar-refractivity contribution >= 4 is 0 Å². The third-order valence-electron chi connectivity index (χ3n) is 5.46. The lowest BCUT2D eigenvalue weighted by molar-refractivity contribution is 0.151. The molecule has 1 fully saturated rings. The van der Waals surface area contributed by atoms with Crippen LogP contribution in [0.3, 0.4) is 0 Å². The molecule has 2 aromatic carbocycles. The van der Waals surface area contributed by atoms with Crippen molar-refractivity contribution in [2.75, 3.05) is 0 Å². The monoisotopic (exact) mass is 348 g/mol. The molecule has 0 radical (unpaired) electrons. The van der Waals surface area contributed by atoms with Gasteiger partial charge in [-0.15, -0.1) is 0 Å². The van der Waals surface area contributed by atoms with E-state index < -0.39 is 12.2 Å². The molecule has 4 heteroatoms. The van der Waals surface area contributed by atoms with Gasteiger partial charge in [0.05, 0.1) is 6.61 Å². The van der Waals surface area contributed by atoms with Gasteiger partial charge in [-0.3, -0.25) is 0 Å². The van der Waals surface area contributed by atoms with Crippen LogP contribution in [0, 0.1) is 11.2 Å². The number of aliphatic hydroxyl groups is 1. The maximum atomic E-state index is 14.5. The normalized spacial score (nSPS) is 19.6. The fourth-order valence-corrected chi connectivity index (χ4v) is 4.03. The van der Waals surface area contributed by atoms with Crippen molar-refractivity contribution in [3.8, 4) is 11.1 Å². The van der Waals surface area contributed by atoms with Gasteiger partial charge < -0.3 is 5.11 Å². The van der Waals surface area contributed by atoms with Gasteiger partial charge in [0.25, 0.3) is 6.43 Å². The van der Waals surface area contributed by atoms with Crippen LogP contribution in [0.4, 0.5) is 13.2 Å². The summed E-state index contributed by atoms with van der Waals surface area (Å²) in [7, 11) is 0. The molecule has 0 amide bonds. The number of alkyl halides is 2. The Morgan fingerprint density at radius 3 is 2.48 bits per heavy atom. The first-order valence-corrected chi connectivity index (χ1v) is 8.65. The molecule has 3 rings (SSSR count). The largest absolute Gasteiger partial charge is 0.392 e. The number of halogens is 3. The van der Waals surface area contributed by atoms with E-state index in [0.717, 1.165) is 42.5 Å². The minimum atomic E-state index is -2.64. The minimum Gasteiger partial charge on any atom is -0.392 e. The Morgan fingerprint density at radius 2 is 1.88 bits per heavy atom. The van der Waals surface area contributed by atoms with Gasteiger partial charge in [0.15, 0.2) is 0 Å². The summed E-state index contributed by atoms with van der Waals surface area (Å²) in [5.41, 5.74) is 2.43.